The predicted molar refractivity (Wildman–Crippen MR) is 81.4 cm³/mol. The van der Waals surface area contributed by atoms with Crippen LogP contribution >= 0.6 is 50.5 Å². The zero-order valence-corrected chi connectivity index (χ0v) is 13.7. The number of nitrogens with zero attached hydrogens (tertiary/aromatic N) is 1. The molecule has 0 N–H and O–H groups in total. The second-order valence-electron chi connectivity index (χ2n) is 4.36. The minimum atomic E-state index is 0.0220. The Balaban J connectivity index is 2.13. The van der Waals surface area contributed by atoms with Crippen LogP contribution in [0.3, 0.4) is 0 Å². The first kappa shape index (κ1) is 14.6. The molecule has 0 radical (unpaired) electrons. The van der Waals surface area contributed by atoms with Crippen molar-refractivity contribution >= 4 is 56.4 Å². The van der Waals surface area contributed by atoms with E-state index in [4.69, 9.17) is 23.2 Å². The lowest BCUT2D eigenvalue weighted by Crippen LogP contribution is -2.44. The molecule has 0 bridgehead atoms. The lowest BCUT2D eigenvalue weighted by atomic mass is 9.91. The maximum absolute atomic E-state index is 12.5. The lowest BCUT2D eigenvalue weighted by molar-refractivity contribution is 0.0582. The first-order chi connectivity index (χ1) is 8.63. The number of halogens is 3. The summed E-state index contributed by atoms with van der Waals surface area (Å²) in [5, 5.41) is 0.904. The smallest absolute Gasteiger partial charge is 0.256 e. The van der Waals surface area contributed by atoms with Crippen LogP contribution in [0.4, 0.5) is 0 Å². The van der Waals surface area contributed by atoms with Gasteiger partial charge in [-0.25, -0.2) is 0 Å². The number of hydrogen-bond donors (Lipinski definition) is 0. The molecule has 18 heavy (non-hydrogen) atoms. The van der Waals surface area contributed by atoms with Gasteiger partial charge in [0.15, 0.2) is 0 Å². The summed E-state index contributed by atoms with van der Waals surface area (Å²) in [5.41, 5.74) is 0.549. The van der Waals surface area contributed by atoms with Crippen LogP contribution in [-0.2, 0) is 0 Å². The van der Waals surface area contributed by atoms with Gasteiger partial charge in [-0.05, 0) is 31.7 Å². The first-order valence-electron chi connectivity index (χ1n) is 5.95. The third-order valence-electron chi connectivity index (χ3n) is 3.20. The minimum Gasteiger partial charge on any atom is -0.336 e. The van der Waals surface area contributed by atoms with E-state index < -0.39 is 0 Å². The van der Waals surface area contributed by atoms with Gasteiger partial charge < -0.3 is 4.90 Å². The van der Waals surface area contributed by atoms with Crippen molar-refractivity contribution in [2.45, 2.75) is 31.7 Å². The molecule has 6 heteroatoms. The third kappa shape index (κ3) is 3.21. The molecule has 1 aromatic heterocycles. The Bertz CT molecular complexity index is 434. The molecule has 1 amide bonds. The van der Waals surface area contributed by atoms with E-state index in [0.29, 0.717) is 20.3 Å². The molecule has 2 rings (SSSR count). The maximum atomic E-state index is 12.5. The number of carbonyl (C=O) groups excluding carboxylic acids is 1. The van der Waals surface area contributed by atoms with E-state index in [0.717, 1.165) is 31.1 Å². The van der Waals surface area contributed by atoms with Crippen molar-refractivity contribution in [1.29, 1.82) is 0 Å². The molecule has 1 aliphatic rings. The molecule has 0 aliphatic heterocycles. The molecule has 100 valence electrons. The number of thiophene rings is 1. The molecule has 0 saturated heterocycles. The van der Waals surface area contributed by atoms with Crippen molar-refractivity contribution in [3.8, 4) is 0 Å². The molecular weight excluding hydrogens is 357 g/mol. The highest BCUT2D eigenvalue weighted by Gasteiger charge is 2.30. The number of rotatable bonds is 5. The fourth-order valence-corrected chi connectivity index (χ4v) is 3.72. The van der Waals surface area contributed by atoms with Gasteiger partial charge in [-0.3, -0.25) is 4.79 Å². The van der Waals surface area contributed by atoms with Crippen molar-refractivity contribution in [1.82, 2.24) is 4.90 Å². The monoisotopic (exact) mass is 369 g/mol. The van der Waals surface area contributed by atoms with Crippen molar-refractivity contribution in [2.24, 2.45) is 0 Å². The second kappa shape index (κ2) is 6.60. The summed E-state index contributed by atoms with van der Waals surface area (Å²) in [4.78, 5) is 14.4. The largest absolute Gasteiger partial charge is 0.336 e. The number of carbonyl (C=O) groups is 1. The van der Waals surface area contributed by atoms with Crippen molar-refractivity contribution in [3.63, 3.8) is 0 Å². The van der Waals surface area contributed by atoms with Gasteiger partial charge in [-0.15, -0.1) is 11.3 Å². The quantitative estimate of drug-likeness (QED) is 0.679. The Kier molecular flexibility index (Phi) is 5.36. The summed E-state index contributed by atoms with van der Waals surface area (Å²) >= 11 is 16.6. The Labute approximate surface area is 129 Å². The highest BCUT2D eigenvalue weighted by atomic mass is 79.9. The van der Waals surface area contributed by atoms with Crippen molar-refractivity contribution < 1.29 is 4.79 Å². The molecule has 2 nitrogen and oxygen atoms in total. The SMILES string of the molecule is O=C(c1cc(Cl)sc1Cl)N(CCCBr)C1CCC1. The van der Waals surface area contributed by atoms with Crippen LogP contribution in [0.25, 0.3) is 0 Å². The van der Waals surface area contributed by atoms with Gasteiger partial charge in [0.25, 0.3) is 5.91 Å². The van der Waals surface area contributed by atoms with Gasteiger partial charge in [0.2, 0.25) is 0 Å². The van der Waals surface area contributed by atoms with E-state index in [2.05, 4.69) is 15.9 Å². The van der Waals surface area contributed by atoms with Gasteiger partial charge in [0.05, 0.1) is 9.90 Å². The van der Waals surface area contributed by atoms with Gasteiger partial charge in [0.1, 0.15) is 4.34 Å². The average Bonchev–Trinajstić information content (AvgIpc) is 2.60. The summed E-state index contributed by atoms with van der Waals surface area (Å²) in [5.74, 6) is 0.0220. The zero-order valence-electron chi connectivity index (χ0n) is 9.79. The Hall–Kier alpha value is 0.230. The summed E-state index contributed by atoms with van der Waals surface area (Å²) in [7, 11) is 0. The molecule has 1 heterocycles. The van der Waals surface area contributed by atoms with Crippen LogP contribution in [0.15, 0.2) is 6.07 Å². The fourth-order valence-electron chi connectivity index (χ4n) is 2.02. The normalized spacial score (nSPS) is 15.5. The van der Waals surface area contributed by atoms with Gasteiger partial charge in [-0.1, -0.05) is 39.1 Å². The summed E-state index contributed by atoms with van der Waals surface area (Å²) < 4.78 is 1.06. The second-order valence-corrected chi connectivity index (χ2v) is 7.44. The van der Waals surface area contributed by atoms with Crippen molar-refractivity contribution in [2.75, 3.05) is 11.9 Å². The first-order valence-corrected chi connectivity index (χ1v) is 8.64. The molecule has 1 aliphatic carbocycles. The van der Waals surface area contributed by atoms with Crippen molar-refractivity contribution in [3.05, 3.63) is 20.3 Å². The lowest BCUT2D eigenvalue weighted by Gasteiger charge is -2.37. The maximum Gasteiger partial charge on any atom is 0.256 e. The molecule has 0 atom stereocenters. The third-order valence-corrected chi connectivity index (χ3v) is 5.24. The van der Waals surface area contributed by atoms with Crippen LogP contribution in [0, 0.1) is 0 Å². The number of amides is 1. The van der Waals surface area contributed by atoms with Gasteiger partial charge in [-0.2, -0.15) is 0 Å². The van der Waals surface area contributed by atoms with E-state index in [1.807, 2.05) is 4.90 Å². The molecule has 0 unspecified atom stereocenters. The summed E-state index contributed by atoms with van der Waals surface area (Å²) in [6, 6.07) is 2.06. The Morgan fingerprint density at radius 2 is 2.22 bits per heavy atom. The molecule has 1 aromatic rings. The molecule has 1 saturated carbocycles. The van der Waals surface area contributed by atoms with E-state index in [-0.39, 0.29) is 5.91 Å². The molecule has 1 fully saturated rings. The zero-order chi connectivity index (χ0) is 13.1. The minimum absolute atomic E-state index is 0.0220. The highest BCUT2D eigenvalue weighted by Crippen LogP contribution is 2.34. The Morgan fingerprint density at radius 1 is 1.50 bits per heavy atom. The molecule has 0 aromatic carbocycles. The molecular formula is C12H14BrCl2NOS. The van der Waals surface area contributed by atoms with Crippen LogP contribution in [0.2, 0.25) is 8.67 Å². The van der Waals surface area contributed by atoms with E-state index in [9.17, 15) is 4.79 Å². The highest BCUT2D eigenvalue weighted by molar-refractivity contribution is 9.09. The average molecular weight is 371 g/mol. The van der Waals surface area contributed by atoms with Gasteiger partial charge in [0, 0.05) is 17.9 Å². The van der Waals surface area contributed by atoms with E-state index in [1.54, 1.807) is 6.07 Å². The summed E-state index contributed by atoms with van der Waals surface area (Å²) in [6.45, 7) is 0.776. The topological polar surface area (TPSA) is 20.3 Å². The number of hydrogen-bond acceptors (Lipinski definition) is 2. The van der Waals surface area contributed by atoms with E-state index in [1.165, 1.54) is 17.8 Å². The van der Waals surface area contributed by atoms with Crippen LogP contribution in [-0.4, -0.2) is 28.7 Å². The van der Waals surface area contributed by atoms with Crippen LogP contribution in [0.1, 0.15) is 36.0 Å². The Morgan fingerprint density at radius 3 is 2.67 bits per heavy atom. The number of alkyl halides is 1. The van der Waals surface area contributed by atoms with Gasteiger partial charge >= 0.3 is 0 Å². The standard InChI is InChI=1S/C12H14BrCl2NOS/c13-5-2-6-16(8-3-1-4-8)12(17)9-7-10(14)18-11(9)15/h7-8H,1-6H2. The molecule has 0 spiro atoms. The fraction of sp³-hybridized carbons (Fsp3) is 0.583. The summed E-state index contributed by atoms with van der Waals surface area (Å²) in [6.07, 6.45) is 4.37. The predicted octanol–water partition coefficient (Wildman–Crippen LogP) is 4.83. The van der Waals surface area contributed by atoms with E-state index >= 15 is 0 Å². The van der Waals surface area contributed by atoms with Crippen LogP contribution < -0.4 is 0 Å². The van der Waals surface area contributed by atoms with Crippen LogP contribution in [0.5, 0.6) is 0 Å².